The van der Waals surface area contributed by atoms with Gasteiger partial charge in [-0.2, -0.15) is 0 Å². The third kappa shape index (κ3) is 2.70. The van der Waals surface area contributed by atoms with Gasteiger partial charge in [0, 0.05) is 0 Å². The Morgan fingerprint density at radius 2 is 1.86 bits per heavy atom. The molecule has 0 aliphatic rings. The molecule has 1 unspecified atom stereocenters. The maximum absolute atomic E-state index is 11.5. The fourth-order valence-corrected chi connectivity index (χ4v) is 2.74. The quantitative estimate of drug-likeness (QED) is 0.898. The maximum Gasteiger partial charge on any atom is 0.316 e. The third-order valence-electron chi connectivity index (χ3n) is 1.40. The minimum atomic E-state index is -1.70. The highest BCUT2D eigenvalue weighted by atomic mass is 35.5. The number of carboxylic acid groups (broad SMARTS) is 1. The van der Waals surface area contributed by atoms with E-state index in [-0.39, 0.29) is 14.9 Å². The normalized spacial score (nSPS) is 12.4. The van der Waals surface area contributed by atoms with E-state index >= 15 is 0 Å². The summed E-state index contributed by atoms with van der Waals surface area (Å²) in [6.07, 6.45) is 0. The molecule has 0 bridgehead atoms. The second-order valence-corrected chi connectivity index (χ2v) is 4.64. The van der Waals surface area contributed by atoms with Crippen LogP contribution in [0.5, 0.6) is 0 Å². The smallest absolute Gasteiger partial charge is 0.316 e. The predicted molar refractivity (Wildman–Crippen MR) is 55.4 cm³/mol. The van der Waals surface area contributed by atoms with E-state index < -0.39 is 22.5 Å². The first-order valence-corrected chi connectivity index (χ1v) is 5.64. The molecule has 0 saturated heterocycles. The first-order valence-electron chi connectivity index (χ1n) is 3.56. The van der Waals surface area contributed by atoms with Crippen molar-refractivity contribution in [2.45, 2.75) is 4.90 Å². The molecule has 0 heterocycles. The van der Waals surface area contributed by atoms with E-state index in [1.165, 1.54) is 12.1 Å². The number of carbonyl (C=O) groups is 1. The second kappa shape index (κ2) is 4.77. The highest BCUT2D eigenvalue weighted by Gasteiger charge is 2.15. The summed E-state index contributed by atoms with van der Waals surface area (Å²) < 4.78 is 11.5. The summed E-state index contributed by atoms with van der Waals surface area (Å²) in [5.74, 6) is -1.65. The zero-order valence-electron chi connectivity index (χ0n) is 6.87. The lowest BCUT2D eigenvalue weighted by molar-refractivity contribution is -0.133. The summed E-state index contributed by atoms with van der Waals surface area (Å²) >= 11 is 11.5. The van der Waals surface area contributed by atoms with Crippen molar-refractivity contribution in [1.29, 1.82) is 0 Å². The van der Waals surface area contributed by atoms with Gasteiger partial charge in [-0.05, 0) is 12.1 Å². The summed E-state index contributed by atoms with van der Waals surface area (Å²) in [6, 6.07) is 4.64. The summed E-state index contributed by atoms with van der Waals surface area (Å²) in [6.45, 7) is 0. The van der Waals surface area contributed by atoms with Crippen LogP contribution in [0.15, 0.2) is 23.1 Å². The molecule has 0 aliphatic heterocycles. The van der Waals surface area contributed by atoms with Gasteiger partial charge in [0.25, 0.3) is 0 Å². The van der Waals surface area contributed by atoms with Crippen molar-refractivity contribution in [3.8, 4) is 0 Å². The summed E-state index contributed by atoms with van der Waals surface area (Å²) in [5.41, 5.74) is 0. The van der Waals surface area contributed by atoms with Crippen LogP contribution in [0.2, 0.25) is 10.0 Å². The van der Waals surface area contributed by atoms with Gasteiger partial charge in [-0.1, -0.05) is 29.3 Å². The lowest BCUT2D eigenvalue weighted by Crippen LogP contribution is -2.09. The van der Waals surface area contributed by atoms with Crippen molar-refractivity contribution < 1.29 is 14.1 Å². The Morgan fingerprint density at radius 3 is 2.29 bits per heavy atom. The number of hydrogen-bond donors (Lipinski definition) is 1. The van der Waals surface area contributed by atoms with Crippen LogP contribution in [0.25, 0.3) is 0 Å². The van der Waals surface area contributed by atoms with Crippen LogP contribution in [-0.4, -0.2) is 21.0 Å². The Hall–Kier alpha value is -0.580. The van der Waals surface area contributed by atoms with Crippen LogP contribution in [-0.2, 0) is 15.6 Å². The minimum absolute atomic E-state index is 0.179. The van der Waals surface area contributed by atoms with Crippen LogP contribution >= 0.6 is 23.2 Å². The number of carboxylic acids is 1. The topological polar surface area (TPSA) is 54.4 Å². The highest BCUT2D eigenvalue weighted by Crippen LogP contribution is 2.27. The van der Waals surface area contributed by atoms with Gasteiger partial charge in [0.2, 0.25) is 0 Å². The van der Waals surface area contributed by atoms with Gasteiger partial charge in [0.1, 0.15) is 5.75 Å². The van der Waals surface area contributed by atoms with Crippen LogP contribution in [0, 0.1) is 0 Å². The van der Waals surface area contributed by atoms with Crippen molar-refractivity contribution in [2.75, 3.05) is 5.75 Å². The average molecular weight is 253 g/mol. The lowest BCUT2D eigenvalue weighted by atomic mass is 10.4. The first kappa shape index (κ1) is 11.5. The molecule has 0 fully saturated rings. The standard InChI is InChI=1S/C8H6Cl2O3S/c9-5-2-1-3-6(10)8(5)14(13)4-7(11)12/h1-3H,4H2,(H,11,12). The zero-order valence-corrected chi connectivity index (χ0v) is 9.20. The van der Waals surface area contributed by atoms with Crippen LogP contribution in [0.3, 0.4) is 0 Å². The molecule has 1 aromatic carbocycles. The van der Waals surface area contributed by atoms with Gasteiger partial charge >= 0.3 is 5.97 Å². The summed E-state index contributed by atoms with van der Waals surface area (Å²) in [5, 5.41) is 8.89. The largest absolute Gasteiger partial charge is 0.481 e. The molecule has 1 rings (SSSR count). The van der Waals surface area contributed by atoms with Crippen molar-refractivity contribution in [3.63, 3.8) is 0 Å². The molecule has 3 nitrogen and oxygen atoms in total. The molecule has 0 amide bonds. The predicted octanol–water partition coefficient (Wildman–Crippen LogP) is 2.19. The van der Waals surface area contributed by atoms with E-state index in [0.29, 0.717) is 0 Å². The molecule has 1 atom stereocenters. The van der Waals surface area contributed by atoms with E-state index in [0.717, 1.165) is 0 Å². The van der Waals surface area contributed by atoms with Gasteiger partial charge in [0.15, 0.2) is 0 Å². The fraction of sp³-hybridized carbons (Fsp3) is 0.125. The molecule has 0 saturated carbocycles. The molecule has 0 aromatic heterocycles. The van der Waals surface area contributed by atoms with E-state index in [4.69, 9.17) is 28.3 Å². The molecule has 76 valence electrons. The monoisotopic (exact) mass is 252 g/mol. The minimum Gasteiger partial charge on any atom is -0.481 e. The molecule has 1 N–H and O–H groups in total. The van der Waals surface area contributed by atoms with Gasteiger partial charge in [0.05, 0.1) is 25.7 Å². The SMILES string of the molecule is O=C(O)CS(=O)c1c(Cl)cccc1Cl. The van der Waals surface area contributed by atoms with Crippen LogP contribution < -0.4 is 0 Å². The second-order valence-electron chi connectivity index (χ2n) is 2.43. The molecule has 0 aliphatic carbocycles. The van der Waals surface area contributed by atoms with Gasteiger partial charge < -0.3 is 5.11 Å². The van der Waals surface area contributed by atoms with Crippen LogP contribution in [0.4, 0.5) is 0 Å². The molecule has 14 heavy (non-hydrogen) atoms. The Morgan fingerprint density at radius 1 is 1.36 bits per heavy atom. The lowest BCUT2D eigenvalue weighted by Gasteiger charge is -2.04. The zero-order chi connectivity index (χ0) is 10.7. The third-order valence-corrected chi connectivity index (χ3v) is 3.66. The summed E-state index contributed by atoms with van der Waals surface area (Å²) in [7, 11) is -1.70. The highest BCUT2D eigenvalue weighted by molar-refractivity contribution is 7.86. The molecular formula is C8H6Cl2O3S. The Kier molecular flexibility index (Phi) is 3.92. The van der Waals surface area contributed by atoms with Crippen molar-refractivity contribution in [3.05, 3.63) is 28.2 Å². The van der Waals surface area contributed by atoms with Gasteiger partial charge in [-0.3, -0.25) is 9.00 Å². The molecule has 0 radical (unpaired) electrons. The number of hydrogen-bond acceptors (Lipinski definition) is 2. The molecule has 0 spiro atoms. The van der Waals surface area contributed by atoms with E-state index in [1.54, 1.807) is 6.07 Å². The average Bonchev–Trinajstić information content (AvgIpc) is 2.01. The molecule has 6 heteroatoms. The van der Waals surface area contributed by atoms with E-state index in [2.05, 4.69) is 0 Å². The summed E-state index contributed by atoms with van der Waals surface area (Å²) in [4.78, 5) is 10.5. The Bertz CT molecular complexity index is 372. The van der Waals surface area contributed by atoms with E-state index in [1.807, 2.05) is 0 Å². The fourth-order valence-electron chi connectivity index (χ4n) is 0.884. The van der Waals surface area contributed by atoms with Crippen LogP contribution in [0.1, 0.15) is 0 Å². The van der Waals surface area contributed by atoms with Gasteiger partial charge in [-0.25, -0.2) is 0 Å². The van der Waals surface area contributed by atoms with Crippen molar-refractivity contribution in [2.24, 2.45) is 0 Å². The maximum atomic E-state index is 11.5. The van der Waals surface area contributed by atoms with Crippen molar-refractivity contribution in [1.82, 2.24) is 0 Å². The molecular weight excluding hydrogens is 247 g/mol. The number of benzene rings is 1. The Labute approximate surface area is 93.1 Å². The molecule has 1 aromatic rings. The first-order chi connectivity index (χ1) is 6.52. The van der Waals surface area contributed by atoms with Crippen molar-refractivity contribution >= 4 is 40.0 Å². The number of aliphatic carboxylic acids is 1. The number of rotatable bonds is 3. The Balaban J connectivity index is 3.06. The number of halogens is 2. The van der Waals surface area contributed by atoms with Gasteiger partial charge in [-0.15, -0.1) is 0 Å². The van der Waals surface area contributed by atoms with E-state index in [9.17, 15) is 9.00 Å².